The number of β-amino-alcohol motifs (C(OH)–C–C–N with tert-alkyl or cyclic N) is 1. The minimum Gasteiger partial charge on any atom is -0.390 e. The van der Waals surface area contributed by atoms with Gasteiger partial charge in [0, 0.05) is 18.6 Å². The summed E-state index contributed by atoms with van der Waals surface area (Å²) in [5, 5.41) is 24.7. The van der Waals surface area contributed by atoms with Gasteiger partial charge in [-0.15, -0.1) is 0 Å². The molecule has 0 aromatic carbocycles. The Hall–Kier alpha value is -1.47. The van der Waals surface area contributed by atoms with Crippen LogP contribution in [0.4, 0.5) is 5.69 Å². The highest BCUT2D eigenvalue weighted by Gasteiger charge is 2.26. The van der Waals surface area contributed by atoms with Gasteiger partial charge in [0.2, 0.25) is 0 Å². The molecule has 0 saturated carbocycles. The van der Waals surface area contributed by atoms with Gasteiger partial charge >= 0.3 is 5.69 Å². The van der Waals surface area contributed by atoms with E-state index >= 15 is 0 Å². The van der Waals surface area contributed by atoms with E-state index in [1.165, 1.54) is 23.5 Å². The van der Waals surface area contributed by atoms with Crippen LogP contribution in [0.2, 0.25) is 0 Å². The summed E-state index contributed by atoms with van der Waals surface area (Å²) in [6.45, 7) is 5.22. The molecule has 1 N–H and O–H groups in total. The number of hydrogen-bond donors (Lipinski definition) is 1. The topological polar surface area (TPSA) is 84.4 Å². The molecule has 7 heteroatoms. The summed E-state index contributed by atoms with van der Waals surface area (Å²) in [6, 6.07) is 0.945. The SMILES string of the molecule is CC1CCCC(C)N1CC(O)Cn1cc([N+](=O)[O-])cn1. The molecule has 1 aromatic heterocycles. The smallest absolute Gasteiger partial charge is 0.306 e. The number of piperidine rings is 1. The number of aliphatic hydroxyl groups is 1. The second-order valence-corrected chi connectivity index (χ2v) is 5.66. The van der Waals surface area contributed by atoms with E-state index in [1.54, 1.807) is 0 Å². The van der Waals surface area contributed by atoms with Crippen LogP contribution in [-0.2, 0) is 6.54 Å². The van der Waals surface area contributed by atoms with Crippen molar-refractivity contribution in [1.82, 2.24) is 14.7 Å². The van der Waals surface area contributed by atoms with Gasteiger partial charge in [0.25, 0.3) is 0 Å². The van der Waals surface area contributed by atoms with Crippen molar-refractivity contribution in [3.05, 3.63) is 22.5 Å². The zero-order valence-electron chi connectivity index (χ0n) is 12.0. The van der Waals surface area contributed by atoms with Gasteiger partial charge in [0.15, 0.2) is 0 Å². The maximum Gasteiger partial charge on any atom is 0.306 e. The van der Waals surface area contributed by atoms with Crippen molar-refractivity contribution >= 4 is 5.69 Å². The normalized spacial score (nSPS) is 25.6. The van der Waals surface area contributed by atoms with E-state index in [-0.39, 0.29) is 12.2 Å². The number of nitrogens with zero attached hydrogens (tertiary/aromatic N) is 4. The molecular weight excluding hydrogens is 260 g/mol. The Bertz CT molecular complexity index is 452. The van der Waals surface area contributed by atoms with Crippen molar-refractivity contribution in [2.75, 3.05) is 6.54 Å². The van der Waals surface area contributed by atoms with Gasteiger partial charge < -0.3 is 5.11 Å². The largest absolute Gasteiger partial charge is 0.390 e. The predicted octanol–water partition coefficient (Wildman–Crippen LogP) is 1.42. The van der Waals surface area contributed by atoms with Crippen molar-refractivity contribution in [2.24, 2.45) is 0 Å². The second kappa shape index (κ2) is 6.32. The molecule has 1 aromatic rings. The lowest BCUT2D eigenvalue weighted by atomic mass is 9.97. The summed E-state index contributed by atoms with van der Waals surface area (Å²) in [7, 11) is 0. The van der Waals surface area contributed by atoms with Gasteiger partial charge in [-0.3, -0.25) is 19.7 Å². The molecule has 3 unspecified atom stereocenters. The van der Waals surface area contributed by atoms with Crippen molar-refractivity contribution in [3.63, 3.8) is 0 Å². The van der Waals surface area contributed by atoms with E-state index in [2.05, 4.69) is 23.8 Å². The molecule has 1 aliphatic rings. The molecule has 1 saturated heterocycles. The van der Waals surface area contributed by atoms with Crippen LogP contribution < -0.4 is 0 Å². The monoisotopic (exact) mass is 282 g/mol. The van der Waals surface area contributed by atoms with Crippen molar-refractivity contribution in [3.8, 4) is 0 Å². The lowest BCUT2D eigenvalue weighted by Gasteiger charge is -2.40. The lowest BCUT2D eigenvalue weighted by Crippen LogP contribution is -2.48. The van der Waals surface area contributed by atoms with E-state index in [9.17, 15) is 15.2 Å². The van der Waals surface area contributed by atoms with E-state index in [0.29, 0.717) is 18.6 Å². The first kappa shape index (κ1) is 14.9. The highest BCUT2D eigenvalue weighted by Crippen LogP contribution is 2.22. The van der Waals surface area contributed by atoms with Gasteiger partial charge in [-0.05, 0) is 26.7 Å². The fraction of sp³-hybridized carbons (Fsp3) is 0.769. The highest BCUT2D eigenvalue weighted by molar-refractivity contribution is 5.20. The highest BCUT2D eigenvalue weighted by atomic mass is 16.6. The first-order valence-electron chi connectivity index (χ1n) is 7.08. The van der Waals surface area contributed by atoms with Crippen LogP contribution >= 0.6 is 0 Å². The van der Waals surface area contributed by atoms with Gasteiger partial charge in [-0.1, -0.05) is 6.42 Å². The average Bonchev–Trinajstić information content (AvgIpc) is 2.82. The van der Waals surface area contributed by atoms with E-state index in [1.807, 2.05) is 0 Å². The van der Waals surface area contributed by atoms with E-state index in [4.69, 9.17) is 0 Å². The van der Waals surface area contributed by atoms with E-state index < -0.39 is 11.0 Å². The Morgan fingerprint density at radius 2 is 2.10 bits per heavy atom. The molecule has 1 fully saturated rings. The van der Waals surface area contributed by atoms with Crippen LogP contribution in [0, 0.1) is 10.1 Å². The summed E-state index contributed by atoms with van der Waals surface area (Å²) >= 11 is 0. The number of rotatable bonds is 5. The third kappa shape index (κ3) is 3.55. The Morgan fingerprint density at radius 1 is 1.45 bits per heavy atom. The number of hydrogen-bond acceptors (Lipinski definition) is 5. The first-order valence-corrected chi connectivity index (χ1v) is 7.08. The third-order valence-electron chi connectivity index (χ3n) is 4.03. The summed E-state index contributed by atoms with van der Waals surface area (Å²) in [4.78, 5) is 12.4. The fourth-order valence-electron chi connectivity index (χ4n) is 2.90. The van der Waals surface area contributed by atoms with Gasteiger partial charge in [0.1, 0.15) is 12.4 Å². The summed E-state index contributed by atoms with van der Waals surface area (Å²) < 4.78 is 1.43. The van der Waals surface area contributed by atoms with Crippen LogP contribution in [0.1, 0.15) is 33.1 Å². The van der Waals surface area contributed by atoms with Crippen LogP contribution in [0.3, 0.4) is 0 Å². The molecule has 112 valence electrons. The molecule has 3 atom stereocenters. The summed E-state index contributed by atoms with van der Waals surface area (Å²) in [5.41, 5.74) is -0.0445. The molecule has 20 heavy (non-hydrogen) atoms. The zero-order valence-corrected chi connectivity index (χ0v) is 12.0. The maximum atomic E-state index is 10.6. The minimum absolute atomic E-state index is 0.0445. The number of aliphatic hydroxyl groups excluding tert-OH is 1. The van der Waals surface area contributed by atoms with Crippen molar-refractivity contribution in [2.45, 2.75) is 57.8 Å². The molecular formula is C13H22N4O3. The standard InChI is InChI=1S/C13H22N4O3/c1-10-4-3-5-11(2)16(10)9-13(18)8-15-7-12(6-14-15)17(19)20/h6-7,10-11,13,18H,3-5,8-9H2,1-2H3. The van der Waals surface area contributed by atoms with Gasteiger partial charge in [-0.2, -0.15) is 5.10 Å². The predicted molar refractivity (Wildman–Crippen MR) is 74.4 cm³/mol. The molecule has 2 heterocycles. The Kier molecular flexibility index (Phi) is 4.72. The molecule has 0 radical (unpaired) electrons. The second-order valence-electron chi connectivity index (χ2n) is 5.66. The summed E-state index contributed by atoms with van der Waals surface area (Å²) in [6.07, 6.45) is 5.54. The number of aromatic nitrogens is 2. The zero-order chi connectivity index (χ0) is 14.7. The third-order valence-corrected chi connectivity index (χ3v) is 4.03. The Labute approximate surface area is 118 Å². The van der Waals surface area contributed by atoms with Crippen LogP contribution in [0.5, 0.6) is 0 Å². The van der Waals surface area contributed by atoms with Gasteiger partial charge in [-0.25, -0.2) is 0 Å². The molecule has 2 rings (SSSR count). The van der Waals surface area contributed by atoms with Crippen LogP contribution in [0.25, 0.3) is 0 Å². The molecule has 0 bridgehead atoms. The number of nitro groups is 1. The Morgan fingerprint density at radius 3 is 2.65 bits per heavy atom. The maximum absolute atomic E-state index is 10.6. The summed E-state index contributed by atoms with van der Waals surface area (Å²) in [5.74, 6) is 0. The Balaban J connectivity index is 1.90. The van der Waals surface area contributed by atoms with Crippen molar-refractivity contribution < 1.29 is 10.0 Å². The fourth-order valence-corrected chi connectivity index (χ4v) is 2.90. The van der Waals surface area contributed by atoms with E-state index in [0.717, 1.165) is 12.8 Å². The number of likely N-dealkylation sites (tertiary alicyclic amines) is 1. The first-order chi connectivity index (χ1) is 9.47. The average molecular weight is 282 g/mol. The van der Waals surface area contributed by atoms with Crippen LogP contribution in [0.15, 0.2) is 12.4 Å². The minimum atomic E-state index is -0.572. The molecule has 0 spiro atoms. The molecule has 0 aliphatic carbocycles. The van der Waals surface area contributed by atoms with Crippen LogP contribution in [-0.4, -0.2) is 49.4 Å². The molecule has 1 aliphatic heterocycles. The van der Waals surface area contributed by atoms with Crippen molar-refractivity contribution in [1.29, 1.82) is 0 Å². The lowest BCUT2D eigenvalue weighted by molar-refractivity contribution is -0.385. The van der Waals surface area contributed by atoms with Gasteiger partial charge in [0.05, 0.1) is 17.6 Å². The molecule has 7 nitrogen and oxygen atoms in total. The molecule has 0 amide bonds. The quantitative estimate of drug-likeness (QED) is 0.652.